The molecule has 1 rings (SSSR count). The van der Waals surface area contributed by atoms with E-state index < -0.39 is 37.4 Å². The smallest absolute Gasteiger partial charge is 0.400 e. The van der Waals surface area contributed by atoms with Crippen molar-refractivity contribution in [2.45, 2.75) is 11.3 Å². The first-order valence-corrected chi connectivity index (χ1v) is 6.26. The van der Waals surface area contributed by atoms with E-state index in [0.717, 1.165) is 0 Å². The van der Waals surface area contributed by atoms with Crippen LogP contribution in [0.15, 0.2) is 11.1 Å². The Balaban J connectivity index is 3.57. The van der Waals surface area contributed by atoms with Gasteiger partial charge in [-0.2, -0.15) is 5.26 Å². The molecule has 0 aliphatic carbocycles. The molecular weight excluding hydrogens is 299 g/mol. The molecule has 18 heavy (non-hydrogen) atoms. The lowest BCUT2D eigenvalue weighted by molar-refractivity contribution is -0.274. The van der Waals surface area contributed by atoms with Gasteiger partial charge < -0.3 is 10.5 Å². The second-order valence-corrected chi connectivity index (χ2v) is 5.34. The fourth-order valence-corrected chi connectivity index (χ4v) is 1.91. The van der Waals surface area contributed by atoms with E-state index in [9.17, 15) is 21.6 Å². The molecular formula is C7H3ClF3N3O3S. The van der Waals surface area contributed by atoms with Gasteiger partial charge in [-0.1, -0.05) is 0 Å². The molecule has 0 aliphatic heterocycles. The number of aromatic nitrogens is 1. The Bertz CT molecular complexity index is 623. The van der Waals surface area contributed by atoms with Gasteiger partial charge in [0.05, 0.1) is 6.20 Å². The van der Waals surface area contributed by atoms with Crippen molar-refractivity contribution in [3.63, 3.8) is 0 Å². The van der Waals surface area contributed by atoms with E-state index in [1.165, 1.54) is 6.07 Å². The average Bonchev–Trinajstić information content (AvgIpc) is 2.17. The summed E-state index contributed by atoms with van der Waals surface area (Å²) >= 11 is 0. The number of nitriles is 1. The summed E-state index contributed by atoms with van der Waals surface area (Å²) in [6.07, 6.45) is -4.59. The summed E-state index contributed by atoms with van der Waals surface area (Å²) in [4.78, 5) is 2.26. The molecule has 0 saturated heterocycles. The fraction of sp³-hybridized carbons (Fsp3) is 0.143. The summed E-state index contributed by atoms with van der Waals surface area (Å²) in [7, 11) is 0.485. The number of rotatable bonds is 2. The number of anilines is 1. The van der Waals surface area contributed by atoms with Crippen molar-refractivity contribution in [2.75, 3.05) is 5.73 Å². The fourth-order valence-electron chi connectivity index (χ4n) is 1.00. The second kappa shape index (κ2) is 4.51. The Morgan fingerprint density at radius 1 is 1.50 bits per heavy atom. The van der Waals surface area contributed by atoms with Gasteiger partial charge in [-0.05, 0) is 0 Å². The molecule has 0 aliphatic rings. The molecule has 0 radical (unpaired) electrons. The molecule has 11 heteroatoms. The third-order valence-electron chi connectivity index (χ3n) is 1.62. The van der Waals surface area contributed by atoms with Gasteiger partial charge in [0.2, 0.25) is 0 Å². The number of hydrogen-bond acceptors (Lipinski definition) is 6. The molecule has 0 unspecified atom stereocenters. The summed E-state index contributed by atoms with van der Waals surface area (Å²) in [6, 6.07) is 1.23. The summed E-state index contributed by atoms with van der Waals surface area (Å²) in [5.74, 6) is -1.99. The maximum absolute atomic E-state index is 12.1. The SMILES string of the molecule is N#Cc1c(S(=O)(=O)Cl)cnc(N)c1OC(F)(F)F. The maximum Gasteiger partial charge on any atom is 0.573 e. The highest BCUT2D eigenvalue weighted by Crippen LogP contribution is 2.34. The Kier molecular flexibility index (Phi) is 3.59. The van der Waals surface area contributed by atoms with Crippen LogP contribution in [-0.4, -0.2) is 19.8 Å². The van der Waals surface area contributed by atoms with Gasteiger partial charge in [0.15, 0.2) is 11.6 Å². The zero-order valence-electron chi connectivity index (χ0n) is 8.19. The highest BCUT2D eigenvalue weighted by Gasteiger charge is 2.35. The van der Waals surface area contributed by atoms with E-state index in [1.807, 2.05) is 0 Å². The highest BCUT2D eigenvalue weighted by molar-refractivity contribution is 8.13. The molecule has 1 aromatic rings. The van der Waals surface area contributed by atoms with E-state index in [4.69, 9.17) is 21.7 Å². The Hall–Kier alpha value is -1.73. The van der Waals surface area contributed by atoms with Gasteiger partial charge in [0, 0.05) is 10.7 Å². The van der Waals surface area contributed by atoms with E-state index in [2.05, 4.69) is 9.72 Å². The summed E-state index contributed by atoms with van der Waals surface area (Å²) in [5, 5.41) is 8.68. The van der Waals surface area contributed by atoms with Crippen LogP contribution in [0.5, 0.6) is 5.75 Å². The van der Waals surface area contributed by atoms with Crippen molar-refractivity contribution in [3.05, 3.63) is 11.8 Å². The average molecular weight is 302 g/mol. The normalized spacial score (nSPS) is 11.9. The van der Waals surface area contributed by atoms with Crippen molar-refractivity contribution in [2.24, 2.45) is 0 Å². The Morgan fingerprint density at radius 2 is 2.06 bits per heavy atom. The predicted octanol–water partition coefficient (Wildman–Crippen LogP) is 1.36. The van der Waals surface area contributed by atoms with Crippen LogP contribution in [0.1, 0.15) is 5.56 Å². The Labute approximate surface area is 103 Å². The number of nitrogens with zero attached hydrogens (tertiary/aromatic N) is 2. The summed E-state index contributed by atoms with van der Waals surface area (Å²) in [5.41, 5.74) is 4.13. The number of ether oxygens (including phenoxy) is 1. The van der Waals surface area contributed by atoms with Crippen molar-refractivity contribution in [1.29, 1.82) is 5.26 Å². The number of halogens is 4. The van der Waals surface area contributed by atoms with E-state index in [-0.39, 0.29) is 0 Å². The van der Waals surface area contributed by atoms with Gasteiger partial charge in [-0.3, -0.25) is 0 Å². The standard InChI is InChI=1S/C7H3ClF3N3O3S/c8-18(15,16)4-2-14-6(13)5(3(4)1-12)17-7(9,10)11/h2H,(H2,13,14). The molecule has 0 aromatic carbocycles. The molecule has 1 aromatic heterocycles. The lowest BCUT2D eigenvalue weighted by Gasteiger charge is -2.12. The molecule has 0 spiro atoms. The molecule has 1 heterocycles. The van der Waals surface area contributed by atoms with Gasteiger partial charge >= 0.3 is 6.36 Å². The van der Waals surface area contributed by atoms with Crippen LogP contribution in [-0.2, 0) is 9.05 Å². The molecule has 0 amide bonds. The molecule has 6 nitrogen and oxygen atoms in total. The third-order valence-corrected chi connectivity index (χ3v) is 2.95. The van der Waals surface area contributed by atoms with Crippen molar-refractivity contribution >= 4 is 25.6 Å². The number of pyridine rings is 1. The first-order chi connectivity index (χ1) is 8.06. The third kappa shape index (κ3) is 3.14. The van der Waals surface area contributed by atoms with Crippen LogP contribution >= 0.6 is 10.7 Å². The van der Waals surface area contributed by atoms with Crippen molar-refractivity contribution in [1.82, 2.24) is 4.98 Å². The number of nitrogen functional groups attached to an aromatic ring is 1. The van der Waals surface area contributed by atoms with Crippen LogP contribution in [0, 0.1) is 11.3 Å². The minimum atomic E-state index is -5.16. The Morgan fingerprint density at radius 3 is 2.44 bits per heavy atom. The van der Waals surface area contributed by atoms with Gasteiger partial charge in [-0.25, -0.2) is 13.4 Å². The summed E-state index contributed by atoms with van der Waals surface area (Å²) in [6.45, 7) is 0. The largest absolute Gasteiger partial charge is 0.573 e. The number of alkyl halides is 3. The quantitative estimate of drug-likeness (QED) is 0.827. The molecule has 2 N–H and O–H groups in total. The zero-order valence-corrected chi connectivity index (χ0v) is 9.77. The molecule has 0 atom stereocenters. The lowest BCUT2D eigenvalue weighted by Crippen LogP contribution is -2.20. The molecule has 0 fully saturated rings. The summed E-state index contributed by atoms with van der Waals surface area (Å²) < 4.78 is 61.7. The molecule has 0 bridgehead atoms. The van der Waals surface area contributed by atoms with E-state index in [1.54, 1.807) is 0 Å². The van der Waals surface area contributed by atoms with E-state index in [0.29, 0.717) is 6.20 Å². The number of nitrogens with two attached hydrogens (primary N) is 1. The minimum absolute atomic E-state index is 0.569. The minimum Gasteiger partial charge on any atom is -0.400 e. The van der Waals surface area contributed by atoms with Crippen LogP contribution in [0.3, 0.4) is 0 Å². The molecule has 0 saturated carbocycles. The monoisotopic (exact) mass is 301 g/mol. The van der Waals surface area contributed by atoms with Crippen LogP contribution in [0.4, 0.5) is 19.0 Å². The van der Waals surface area contributed by atoms with Crippen LogP contribution in [0.25, 0.3) is 0 Å². The lowest BCUT2D eigenvalue weighted by atomic mass is 10.2. The number of hydrogen-bond donors (Lipinski definition) is 1. The highest BCUT2D eigenvalue weighted by atomic mass is 35.7. The van der Waals surface area contributed by atoms with Gasteiger partial charge in [0.1, 0.15) is 16.5 Å². The topological polar surface area (TPSA) is 106 Å². The predicted molar refractivity (Wildman–Crippen MR) is 53.1 cm³/mol. The molecule has 98 valence electrons. The van der Waals surface area contributed by atoms with Crippen molar-refractivity contribution < 1.29 is 26.3 Å². The van der Waals surface area contributed by atoms with E-state index >= 15 is 0 Å². The zero-order chi connectivity index (χ0) is 14.1. The van der Waals surface area contributed by atoms with Crippen LogP contribution in [0.2, 0.25) is 0 Å². The van der Waals surface area contributed by atoms with Gasteiger partial charge in [0.25, 0.3) is 9.05 Å². The van der Waals surface area contributed by atoms with Gasteiger partial charge in [-0.15, -0.1) is 13.2 Å². The van der Waals surface area contributed by atoms with Crippen LogP contribution < -0.4 is 10.5 Å². The second-order valence-electron chi connectivity index (χ2n) is 2.81. The first-order valence-electron chi connectivity index (χ1n) is 3.95. The van der Waals surface area contributed by atoms with Crippen molar-refractivity contribution in [3.8, 4) is 11.8 Å². The maximum atomic E-state index is 12.1. The first kappa shape index (κ1) is 14.3.